The molecule has 0 amide bonds. The highest BCUT2D eigenvalue weighted by atomic mass is 32.1. The first-order chi connectivity index (χ1) is 10.3. The Bertz CT molecular complexity index is 746. The second-order valence-electron chi connectivity index (χ2n) is 4.56. The van der Waals surface area contributed by atoms with Crippen molar-refractivity contribution in [3.05, 3.63) is 64.4 Å². The summed E-state index contributed by atoms with van der Waals surface area (Å²) in [6.45, 7) is 0.294. The second kappa shape index (κ2) is 6.03. The summed E-state index contributed by atoms with van der Waals surface area (Å²) < 4.78 is 5.36. The van der Waals surface area contributed by atoms with Crippen molar-refractivity contribution in [3.8, 4) is 11.3 Å². The van der Waals surface area contributed by atoms with Gasteiger partial charge in [-0.25, -0.2) is 4.98 Å². The average molecular weight is 298 g/mol. The van der Waals surface area contributed by atoms with Gasteiger partial charge in [-0.05, 0) is 12.1 Å². The fourth-order valence-electron chi connectivity index (χ4n) is 2.00. The molecule has 0 spiro atoms. The summed E-state index contributed by atoms with van der Waals surface area (Å²) in [4.78, 5) is 16.6. The maximum atomic E-state index is 12.1. The Labute approximate surface area is 126 Å². The van der Waals surface area contributed by atoms with Crippen LogP contribution in [0.2, 0.25) is 0 Å². The van der Waals surface area contributed by atoms with Crippen LogP contribution in [0.3, 0.4) is 0 Å². The number of carbonyl (C=O) groups excluding carboxylic acids is 1. The molecule has 5 heteroatoms. The minimum absolute atomic E-state index is 0.0799. The van der Waals surface area contributed by atoms with Gasteiger partial charge in [0.1, 0.15) is 10.8 Å². The minimum atomic E-state index is -0.0799. The summed E-state index contributed by atoms with van der Waals surface area (Å²) in [6.07, 6.45) is 0.245. The van der Waals surface area contributed by atoms with E-state index in [-0.39, 0.29) is 12.2 Å². The van der Waals surface area contributed by atoms with Crippen LogP contribution in [0, 0.1) is 0 Å². The van der Waals surface area contributed by atoms with E-state index in [4.69, 9.17) is 10.2 Å². The normalized spacial score (nSPS) is 10.7. The third-order valence-electron chi connectivity index (χ3n) is 3.07. The predicted octanol–water partition coefficient (Wildman–Crippen LogP) is 3.29. The molecule has 3 aromatic rings. The van der Waals surface area contributed by atoms with Crippen molar-refractivity contribution in [1.29, 1.82) is 0 Å². The molecule has 0 unspecified atom stereocenters. The van der Waals surface area contributed by atoms with Crippen molar-refractivity contribution < 1.29 is 9.21 Å². The highest BCUT2D eigenvalue weighted by Gasteiger charge is 2.14. The van der Waals surface area contributed by atoms with E-state index in [1.165, 1.54) is 11.3 Å². The van der Waals surface area contributed by atoms with Crippen LogP contribution in [0.1, 0.15) is 21.3 Å². The highest BCUT2D eigenvalue weighted by molar-refractivity contribution is 7.10. The summed E-state index contributed by atoms with van der Waals surface area (Å²) in [5.41, 5.74) is 7.41. The second-order valence-corrected chi connectivity index (χ2v) is 5.51. The van der Waals surface area contributed by atoms with Gasteiger partial charge in [-0.2, -0.15) is 0 Å². The van der Waals surface area contributed by atoms with Gasteiger partial charge in [-0.3, -0.25) is 4.79 Å². The molecule has 1 aromatic carbocycles. The van der Waals surface area contributed by atoms with Gasteiger partial charge < -0.3 is 10.2 Å². The van der Waals surface area contributed by atoms with Crippen LogP contribution in [-0.2, 0) is 13.0 Å². The SMILES string of the molecule is NCc1ccc(C(=O)Cc2nc(-c3ccccc3)cs2)o1. The maximum absolute atomic E-state index is 12.1. The molecule has 0 bridgehead atoms. The van der Waals surface area contributed by atoms with Crippen LogP contribution in [0.15, 0.2) is 52.3 Å². The molecular formula is C16H14N2O2S. The molecule has 0 aliphatic carbocycles. The van der Waals surface area contributed by atoms with Crippen LogP contribution >= 0.6 is 11.3 Å². The molecule has 0 radical (unpaired) electrons. The maximum Gasteiger partial charge on any atom is 0.204 e. The van der Waals surface area contributed by atoms with E-state index in [0.29, 0.717) is 18.1 Å². The average Bonchev–Trinajstić information content (AvgIpc) is 3.17. The molecule has 21 heavy (non-hydrogen) atoms. The molecule has 0 saturated carbocycles. The molecule has 0 saturated heterocycles. The smallest absolute Gasteiger partial charge is 0.204 e. The summed E-state index contributed by atoms with van der Waals surface area (Å²) in [7, 11) is 0. The Morgan fingerprint density at radius 3 is 2.71 bits per heavy atom. The number of rotatable bonds is 5. The first-order valence-electron chi connectivity index (χ1n) is 6.58. The van der Waals surface area contributed by atoms with Crippen LogP contribution < -0.4 is 5.73 Å². The number of thiazole rings is 1. The molecule has 2 N–H and O–H groups in total. The number of hydrogen-bond acceptors (Lipinski definition) is 5. The van der Waals surface area contributed by atoms with E-state index >= 15 is 0 Å². The molecular weight excluding hydrogens is 284 g/mol. The minimum Gasteiger partial charge on any atom is -0.457 e. The number of Topliss-reactive ketones (excluding diaryl/α,β-unsaturated/α-hetero) is 1. The number of hydrogen-bond donors (Lipinski definition) is 1. The van der Waals surface area contributed by atoms with Crippen LogP contribution in [0.25, 0.3) is 11.3 Å². The molecule has 3 rings (SSSR count). The lowest BCUT2D eigenvalue weighted by molar-refractivity contribution is 0.0964. The number of aromatic nitrogens is 1. The number of furan rings is 1. The fraction of sp³-hybridized carbons (Fsp3) is 0.125. The quantitative estimate of drug-likeness (QED) is 0.734. The third-order valence-corrected chi connectivity index (χ3v) is 3.92. The van der Waals surface area contributed by atoms with Gasteiger partial charge in [0, 0.05) is 10.9 Å². The zero-order valence-corrected chi connectivity index (χ0v) is 12.1. The zero-order chi connectivity index (χ0) is 14.7. The van der Waals surface area contributed by atoms with E-state index in [2.05, 4.69) is 4.98 Å². The highest BCUT2D eigenvalue weighted by Crippen LogP contribution is 2.22. The number of benzene rings is 1. The lowest BCUT2D eigenvalue weighted by atomic mass is 10.2. The number of nitrogens with two attached hydrogens (primary N) is 1. The first-order valence-corrected chi connectivity index (χ1v) is 7.46. The van der Waals surface area contributed by atoms with Crippen molar-refractivity contribution >= 4 is 17.1 Å². The van der Waals surface area contributed by atoms with E-state index < -0.39 is 0 Å². The van der Waals surface area contributed by atoms with E-state index in [9.17, 15) is 4.79 Å². The fourth-order valence-corrected chi connectivity index (χ4v) is 2.80. The summed E-state index contributed by atoms with van der Waals surface area (Å²) in [5.74, 6) is 0.873. The summed E-state index contributed by atoms with van der Waals surface area (Å²) >= 11 is 1.48. The van der Waals surface area contributed by atoms with Crippen molar-refractivity contribution in [2.75, 3.05) is 0 Å². The van der Waals surface area contributed by atoms with Gasteiger partial charge in [0.2, 0.25) is 5.78 Å². The van der Waals surface area contributed by atoms with Gasteiger partial charge in [0.05, 0.1) is 18.7 Å². The first kappa shape index (κ1) is 13.7. The van der Waals surface area contributed by atoms with Crippen molar-refractivity contribution in [2.24, 2.45) is 5.73 Å². The Kier molecular flexibility index (Phi) is 3.94. The van der Waals surface area contributed by atoms with Gasteiger partial charge in [-0.1, -0.05) is 30.3 Å². The monoisotopic (exact) mass is 298 g/mol. The largest absolute Gasteiger partial charge is 0.457 e. The number of carbonyl (C=O) groups is 1. The lowest BCUT2D eigenvalue weighted by Gasteiger charge is -1.95. The molecule has 4 nitrogen and oxygen atoms in total. The standard InChI is InChI=1S/C16H14N2O2S/c17-9-12-6-7-15(20-12)14(19)8-16-18-13(10-21-16)11-4-2-1-3-5-11/h1-7,10H,8-9,17H2. The summed E-state index contributed by atoms with van der Waals surface area (Å²) in [5, 5.41) is 2.75. The van der Waals surface area contributed by atoms with Crippen LogP contribution in [-0.4, -0.2) is 10.8 Å². The Balaban J connectivity index is 1.74. The molecule has 0 fully saturated rings. The molecule has 106 valence electrons. The summed E-state index contributed by atoms with van der Waals surface area (Å²) in [6, 6.07) is 13.3. The zero-order valence-electron chi connectivity index (χ0n) is 11.3. The molecule has 0 aliphatic rings. The van der Waals surface area contributed by atoms with E-state index in [0.717, 1.165) is 16.3 Å². The Hall–Kier alpha value is -2.24. The van der Waals surface area contributed by atoms with Gasteiger partial charge in [0.15, 0.2) is 5.76 Å². The van der Waals surface area contributed by atoms with E-state index in [1.54, 1.807) is 12.1 Å². The van der Waals surface area contributed by atoms with Crippen molar-refractivity contribution in [2.45, 2.75) is 13.0 Å². The Morgan fingerprint density at radius 2 is 2.00 bits per heavy atom. The van der Waals surface area contributed by atoms with Gasteiger partial charge >= 0.3 is 0 Å². The molecule has 0 atom stereocenters. The molecule has 0 aliphatic heterocycles. The molecule has 2 aromatic heterocycles. The molecule has 2 heterocycles. The number of ketones is 1. The van der Waals surface area contributed by atoms with Gasteiger partial charge in [0.25, 0.3) is 0 Å². The lowest BCUT2D eigenvalue weighted by Crippen LogP contribution is -2.02. The predicted molar refractivity (Wildman–Crippen MR) is 82.2 cm³/mol. The van der Waals surface area contributed by atoms with Crippen molar-refractivity contribution in [1.82, 2.24) is 4.98 Å². The van der Waals surface area contributed by atoms with Crippen molar-refractivity contribution in [3.63, 3.8) is 0 Å². The van der Waals surface area contributed by atoms with E-state index in [1.807, 2.05) is 35.7 Å². The van der Waals surface area contributed by atoms with Crippen LogP contribution in [0.5, 0.6) is 0 Å². The van der Waals surface area contributed by atoms with Crippen LogP contribution in [0.4, 0.5) is 0 Å². The Morgan fingerprint density at radius 1 is 1.19 bits per heavy atom. The van der Waals surface area contributed by atoms with Gasteiger partial charge in [-0.15, -0.1) is 11.3 Å². The third kappa shape index (κ3) is 3.09. The number of nitrogens with zero attached hydrogens (tertiary/aromatic N) is 1. The topological polar surface area (TPSA) is 69.1 Å².